The summed E-state index contributed by atoms with van der Waals surface area (Å²) in [6.45, 7) is 6.21. The third-order valence-electron chi connectivity index (χ3n) is 4.21. The van der Waals surface area contributed by atoms with Gasteiger partial charge in [-0.3, -0.25) is 4.90 Å². The van der Waals surface area contributed by atoms with Crippen molar-refractivity contribution in [2.75, 3.05) is 13.1 Å². The van der Waals surface area contributed by atoms with Gasteiger partial charge in [0.15, 0.2) is 0 Å². The van der Waals surface area contributed by atoms with Crippen molar-refractivity contribution in [1.82, 2.24) is 10.2 Å². The number of alkyl halides is 3. The van der Waals surface area contributed by atoms with E-state index in [0.29, 0.717) is 30.3 Å². The third kappa shape index (κ3) is 8.10. The summed E-state index contributed by atoms with van der Waals surface area (Å²) in [4.78, 5) is 21.3. The topological polar surface area (TPSA) is 89.9 Å². The van der Waals surface area contributed by atoms with Gasteiger partial charge in [0.05, 0.1) is 5.56 Å². The van der Waals surface area contributed by atoms with Crippen LogP contribution in [-0.2, 0) is 22.3 Å². The molecule has 0 amide bonds. The SMILES string of the molecule is CC(C)N(Cc1ccccc1C(F)(F)F)[C@H]1CCNC1.O=C(O)C=CC(=O)O. The van der Waals surface area contributed by atoms with E-state index in [1.807, 2.05) is 13.8 Å². The largest absolute Gasteiger partial charge is 0.478 e. The number of carboxylic acids is 2. The van der Waals surface area contributed by atoms with Crippen molar-refractivity contribution < 1.29 is 33.0 Å². The lowest BCUT2D eigenvalue weighted by Crippen LogP contribution is -2.41. The minimum Gasteiger partial charge on any atom is -0.478 e. The summed E-state index contributed by atoms with van der Waals surface area (Å²) in [6.07, 6.45) is -2.18. The second-order valence-electron chi connectivity index (χ2n) is 6.58. The van der Waals surface area contributed by atoms with Gasteiger partial charge in [-0.1, -0.05) is 18.2 Å². The van der Waals surface area contributed by atoms with Crippen molar-refractivity contribution >= 4 is 11.9 Å². The molecule has 0 aliphatic carbocycles. The van der Waals surface area contributed by atoms with E-state index in [0.717, 1.165) is 19.5 Å². The molecular formula is C19H25F3N2O4. The van der Waals surface area contributed by atoms with E-state index in [1.165, 1.54) is 12.1 Å². The van der Waals surface area contributed by atoms with Crippen LogP contribution in [0.5, 0.6) is 0 Å². The number of hydrogen-bond acceptors (Lipinski definition) is 4. The lowest BCUT2D eigenvalue weighted by Gasteiger charge is -2.33. The summed E-state index contributed by atoms with van der Waals surface area (Å²) in [5.74, 6) is -2.51. The van der Waals surface area contributed by atoms with Gasteiger partial charge in [0, 0.05) is 37.3 Å². The summed E-state index contributed by atoms with van der Waals surface area (Å²) in [6, 6.07) is 6.41. The average molecular weight is 402 g/mol. The molecule has 3 N–H and O–H groups in total. The molecule has 0 bridgehead atoms. The molecule has 28 heavy (non-hydrogen) atoms. The van der Waals surface area contributed by atoms with Crippen molar-refractivity contribution in [3.05, 3.63) is 47.5 Å². The van der Waals surface area contributed by atoms with Crippen LogP contribution in [0.4, 0.5) is 13.2 Å². The van der Waals surface area contributed by atoms with Crippen molar-refractivity contribution in [3.8, 4) is 0 Å². The first-order valence-corrected chi connectivity index (χ1v) is 8.77. The third-order valence-corrected chi connectivity index (χ3v) is 4.21. The van der Waals surface area contributed by atoms with Gasteiger partial charge in [0.2, 0.25) is 0 Å². The van der Waals surface area contributed by atoms with E-state index < -0.39 is 23.7 Å². The van der Waals surface area contributed by atoms with Crippen LogP contribution >= 0.6 is 0 Å². The standard InChI is InChI=1S/C15H21F3N2.C4H4O4/c1-11(2)20(13-7-8-19-9-13)10-12-5-3-4-6-14(12)15(16,17)18;5-3(6)1-2-4(7)8/h3-6,11,13,19H,7-10H2,1-2H3;1-2H,(H,5,6)(H,7,8)/t13-;/m0./s1. The number of nitrogens with one attached hydrogen (secondary N) is 1. The Bertz CT molecular complexity index is 668. The molecule has 1 aliphatic heterocycles. The molecule has 1 fully saturated rings. The molecule has 1 heterocycles. The monoisotopic (exact) mass is 402 g/mol. The number of halogens is 3. The van der Waals surface area contributed by atoms with E-state index in [4.69, 9.17) is 10.2 Å². The normalized spacial score (nSPS) is 17.0. The summed E-state index contributed by atoms with van der Waals surface area (Å²) < 4.78 is 39.1. The Labute approximate surface area is 161 Å². The van der Waals surface area contributed by atoms with Crippen LogP contribution in [0.25, 0.3) is 0 Å². The number of carboxylic acid groups (broad SMARTS) is 2. The van der Waals surface area contributed by atoms with E-state index in [2.05, 4.69) is 10.2 Å². The van der Waals surface area contributed by atoms with Crippen LogP contribution in [-0.4, -0.2) is 52.2 Å². The number of hydrogen-bond donors (Lipinski definition) is 3. The van der Waals surface area contributed by atoms with E-state index >= 15 is 0 Å². The zero-order valence-electron chi connectivity index (χ0n) is 15.7. The maximum absolute atomic E-state index is 13.0. The zero-order valence-corrected chi connectivity index (χ0v) is 15.7. The minimum absolute atomic E-state index is 0.223. The molecule has 0 radical (unpaired) electrons. The lowest BCUT2D eigenvalue weighted by atomic mass is 10.0. The van der Waals surface area contributed by atoms with E-state index in [9.17, 15) is 22.8 Å². The highest BCUT2D eigenvalue weighted by Gasteiger charge is 2.34. The average Bonchev–Trinajstić information content (AvgIpc) is 3.12. The molecule has 0 unspecified atom stereocenters. The smallest absolute Gasteiger partial charge is 0.416 e. The molecule has 1 aromatic rings. The number of aliphatic carboxylic acids is 2. The zero-order chi connectivity index (χ0) is 21.3. The highest BCUT2D eigenvalue weighted by atomic mass is 19.4. The molecule has 2 rings (SSSR count). The maximum Gasteiger partial charge on any atom is 0.416 e. The predicted molar refractivity (Wildman–Crippen MR) is 97.8 cm³/mol. The van der Waals surface area contributed by atoms with Crippen LogP contribution in [0.2, 0.25) is 0 Å². The first-order chi connectivity index (χ1) is 13.0. The molecule has 1 saturated heterocycles. The molecule has 0 saturated carbocycles. The quantitative estimate of drug-likeness (QED) is 0.634. The van der Waals surface area contributed by atoms with Crippen molar-refractivity contribution in [2.24, 2.45) is 0 Å². The first-order valence-electron chi connectivity index (χ1n) is 8.77. The van der Waals surface area contributed by atoms with Crippen LogP contribution in [0.1, 0.15) is 31.4 Å². The van der Waals surface area contributed by atoms with Gasteiger partial charge in [-0.2, -0.15) is 13.2 Å². The number of rotatable bonds is 6. The highest BCUT2D eigenvalue weighted by Crippen LogP contribution is 2.33. The lowest BCUT2D eigenvalue weighted by molar-refractivity contribution is -0.138. The Balaban J connectivity index is 0.000000416. The van der Waals surface area contributed by atoms with Crippen LogP contribution in [0.3, 0.4) is 0 Å². The van der Waals surface area contributed by atoms with E-state index in [1.54, 1.807) is 12.1 Å². The van der Waals surface area contributed by atoms with Gasteiger partial charge in [-0.05, 0) is 38.4 Å². The molecule has 0 aromatic heterocycles. The van der Waals surface area contributed by atoms with Crippen LogP contribution < -0.4 is 5.32 Å². The Morgan fingerprint density at radius 2 is 1.79 bits per heavy atom. The summed E-state index contributed by atoms with van der Waals surface area (Å²) >= 11 is 0. The van der Waals surface area contributed by atoms with Gasteiger partial charge >= 0.3 is 18.1 Å². The predicted octanol–water partition coefficient (Wildman–Crippen LogP) is 2.99. The van der Waals surface area contributed by atoms with Gasteiger partial charge in [-0.25, -0.2) is 9.59 Å². The molecular weight excluding hydrogens is 377 g/mol. The number of benzene rings is 1. The Kier molecular flexibility index (Phi) is 9.14. The van der Waals surface area contributed by atoms with Gasteiger partial charge in [0.1, 0.15) is 0 Å². The summed E-state index contributed by atoms with van der Waals surface area (Å²) in [7, 11) is 0. The van der Waals surface area contributed by atoms with Crippen molar-refractivity contribution in [3.63, 3.8) is 0 Å². The Morgan fingerprint density at radius 1 is 1.21 bits per heavy atom. The molecule has 1 aliphatic rings. The fraction of sp³-hybridized carbons (Fsp3) is 0.474. The summed E-state index contributed by atoms with van der Waals surface area (Å²) in [5, 5.41) is 18.9. The maximum atomic E-state index is 13.0. The van der Waals surface area contributed by atoms with Crippen LogP contribution in [0.15, 0.2) is 36.4 Å². The molecule has 9 heteroatoms. The van der Waals surface area contributed by atoms with Gasteiger partial charge in [0.25, 0.3) is 0 Å². The summed E-state index contributed by atoms with van der Waals surface area (Å²) in [5.41, 5.74) is -0.155. The van der Waals surface area contributed by atoms with E-state index in [-0.39, 0.29) is 6.04 Å². The fourth-order valence-corrected chi connectivity index (χ4v) is 2.93. The minimum atomic E-state index is -4.28. The first kappa shape index (κ1) is 23.6. The van der Waals surface area contributed by atoms with Crippen LogP contribution in [0, 0.1) is 0 Å². The second kappa shape index (κ2) is 10.8. The van der Waals surface area contributed by atoms with Crippen molar-refractivity contribution in [2.45, 2.75) is 45.1 Å². The fourth-order valence-electron chi connectivity index (χ4n) is 2.93. The molecule has 0 spiro atoms. The van der Waals surface area contributed by atoms with Gasteiger partial charge in [-0.15, -0.1) is 0 Å². The molecule has 1 atom stereocenters. The molecule has 1 aromatic carbocycles. The Hall–Kier alpha value is -2.39. The molecule has 6 nitrogen and oxygen atoms in total. The van der Waals surface area contributed by atoms with Gasteiger partial charge < -0.3 is 15.5 Å². The second-order valence-corrected chi connectivity index (χ2v) is 6.58. The Morgan fingerprint density at radius 3 is 2.21 bits per heavy atom. The number of nitrogens with zero attached hydrogens (tertiary/aromatic N) is 1. The van der Waals surface area contributed by atoms with Crippen molar-refractivity contribution in [1.29, 1.82) is 0 Å². The molecule has 156 valence electrons. The highest BCUT2D eigenvalue weighted by molar-refractivity contribution is 5.89. The number of carbonyl (C=O) groups is 2.